The Balaban J connectivity index is 2.62. The third-order valence-electron chi connectivity index (χ3n) is 3.37. The zero-order valence-corrected chi connectivity index (χ0v) is 14.8. The highest BCUT2D eigenvalue weighted by Gasteiger charge is 2.14. The molecule has 1 rings (SSSR count). The van der Waals surface area contributed by atoms with Crippen LogP contribution in [0.15, 0.2) is 44.0 Å². The highest BCUT2D eigenvalue weighted by molar-refractivity contribution is 5.32. The van der Waals surface area contributed by atoms with Crippen LogP contribution in [-0.2, 0) is 9.47 Å². The van der Waals surface area contributed by atoms with Gasteiger partial charge in [0, 0.05) is 6.20 Å². The van der Waals surface area contributed by atoms with E-state index in [0.717, 1.165) is 25.7 Å². The minimum absolute atomic E-state index is 0.0301. The van der Waals surface area contributed by atoms with Gasteiger partial charge in [0.2, 0.25) is 0 Å². The van der Waals surface area contributed by atoms with E-state index in [-0.39, 0.29) is 12.2 Å². The van der Waals surface area contributed by atoms with E-state index < -0.39 is 0 Å². The molecule has 0 radical (unpaired) electrons. The van der Waals surface area contributed by atoms with Gasteiger partial charge in [0.15, 0.2) is 5.75 Å². The Morgan fingerprint density at radius 2 is 1.58 bits per heavy atom. The molecule has 5 heteroatoms. The van der Waals surface area contributed by atoms with Gasteiger partial charge in [0.1, 0.15) is 25.4 Å². The fraction of sp³-hybridized carbons (Fsp3) is 0.526. The molecule has 0 N–H and O–H groups in total. The molecule has 0 fully saturated rings. The summed E-state index contributed by atoms with van der Waals surface area (Å²) in [6, 6.07) is 3.65. The van der Waals surface area contributed by atoms with Crippen molar-refractivity contribution in [1.82, 2.24) is 4.98 Å². The van der Waals surface area contributed by atoms with Crippen molar-refractivity contribution in [3.05, 3.63) is 44.0 Å². The van der Waals surface area contributed by atoms with Crippen molar-refractivity contribution in [3.8, 4) is 11.6 Å². The van der Waals surface area contributed by atoms with E-state index in [1.165, 1.54) is 12.5 Å². The molecule has 2 atom stereocenters. The average molecular weight is 335 g/mol. The lowest BCUT2D eigenvalue weighted by atomic mass is 10.2. The van der Waals surface area contributed by atoms with Gasteiger partial charge in [-0.15, -0.1) is 0 Å². The second kappa shape index (κ2) is 12.3. The number of hydrogen-bond donors (Lipinski definition) is 0. The first-order valence-corrected chi connectivity index (χ1v) is 8.48. The Morgan fingerprint density at radius 3 is 2.12 bits per heavy atom. The van der Waals surface area contributed by atoms with Gasteiger partial charge in [0.05, 0.1) is 12.5 Å². The zero-order valence-electron chi connectivity index (χ0n) is 14.8. The van der Waals surface area contributed by atoms with Gasteiger partial charge in [-0.05, 0) is 25.0 Å². The lowest BCUT2D eigenvalue weighted by molar-refractivity contribution is 0.0684. The van der Waals surface area contributed by atoms with Crippen molar-refractivity contribution in [1.29, 1.82) is 0 Å². The topological polar surface area (TPSA) is 49.8 Å². The van der Waals surface area contributed by atoms with Crippen LogP contribution in [0.3, 0.4) is 0 Å². The molecule has 1 aromatic rings. The van der Waals surface area contributed by atoms with E-state index in [2.05, 4.69) is 32.0 Å². The van der Waals surface area contributed by atoms with Crippen LogP contribution in [0.1, 0.15) is 39.5 Å². The highest BCUT2D eigenvalue weighted by Crippen LogP contribution is 2.24. The van der Waals surface area contributed by atoms with Crippen LogP contribution < -0.4 is 9.47 Å². The summed E-state index contributed by atoms with van der Waals surface area (Å²) in [7, 11) is 0. The van der Waals surface area contributed by atoms with E-state index in [9.17, 15) is 0 Å². The molecule has 0 saturated heterocycles. The van der Waals surface area contributed by atoms with Gasteiger partial charge >= 0.3 is 0 Å². The predicted octanol–water partition coefficient (Wildman–Crippen LogP) is 4.50. The van der Waals surface area contributed by atoms with Crippen molar-refractivity contribution in [3.63, 3.8) is 0 Å². The number of rotatable bonds is 14. The minimum atomic E-state index is -0.0423. The number of pyridine rings is 1. The van der Waals surface area contributed by atoms with Crippen molar-refractivity contribution < 1.29 is 18.9 Å². The van der Waals surface area contributed by atoms with Crippen LogP contribution in [0.4, 0.5) is 0 Å². The molecule has 0 bridgehead atoms. The van der Waals surface area contributed by atoms with Crippen LogP contribution in [-0.4, -0.2) is 30.4 Å². The fourth-order valence-electron chi connectivity index (χ4n) is 2.25. The summed E-state index contributed by atoms with van der Waals surface area (Å²) in [5, 5.41) is 0. The largest absolute Gasteiger partial charge is 0.495 e. The summed E-state index contributed by atoms with van der Waals surface area (Å²) < 4.78 is 22.5. The first-order valence-electron chi connectivity index (χ1n) is 8.48. The molecule has 0 aromatic carbocycles. The molecule has 2 unspecified atom stereocenters. The molecule has 134 valence electrons. The van der Waals surface area contributed by atoms with Crippen molar-refractivity contribution in [2.45, 2.75) is 51.7 Å². The molecule has 0 aliphatic heterocycles. The molecule has 0 spiro atoms. The van der Waals surface area contributed by atoms with E-state index in [4.69, 9.17) is 18.9 Å². The van der Waals surface area contributed by atoms with Crippen LogP contribution in [0, 0.1) is 0 Å². The molecule has 5 nitrogen and oxygen atoms in total. The standard InChI is InChI=1S/C19H29NO4/c1-5-10-16(21-7-3)14-23-18-12-9-13-20-19(18)24-15-17(11-6-2)22-8-4/h7-9,12-13,16-17H,3-6,10-11,14-15H2,1-2H3. The smallest absolute Gasteiger partial charge is 0.257 e. The lowest BCUT2D eigenvalue weighted by Crippen LogP contribution is -2.22. The van der Waals surface area contributed by atoms with Gasteiger partial charge < -0.3 is 18.9 Å². The Hall–Kier alpha value is -2.17. The summed E-state index contributed by atoms with van der Waals surface area (Å²) in [4.78, 5) is 4.25. The zero-order chi connectivity index (χ0) is 17.6. The second-order valence-electron chi connectivity index (χ2n) is 5.36. The first-order chi connectivity index (χ1) is 11.7. The molecule has 0 aliphatic carbocycles. The SMILES string of the molecule is C=COC(CCC)COc1cccnc1OCC(CCC)OC=C. The van der Waals surface area contributed by atoms with Gasteiger partial charge in [-0.25, -0.2) is 4.98 Å². The summed E-state index contributed by atoms with van der Waals surface area (Å²) in [6.45, 7) is 12.2. The van der Waals surface area contributed by atoms with E-state index >= 15 is 0 Å². The van der Waals surface area contributed by atoms with Gasteiger partial charge in [-0.2, -0.15) is 0 Å². The van der Waals surface area contributed by atoms with Crippen molar-refractivity contribution >= 4 is 0 Å². The second-order valence-corrected chi connectivity index (χ2v) is 5.36. The van der Waals surface area contributed by atoms with Gasteiger partial charge in [0.25, 0.3) is 5.88 Å². The molecule has 1 aromatic heterocycles. The van der Waals surface area contributed by atoms with Crippen molar-refractivity contribution in [2.75, 3.05) is 13.2 Å². The molecule has 1 heterocycles. The van der Waals surface area contributed by atoms with Crippen LogP contribution in [0.5, 0.6) is 11.6 Å². The van der Waals surface area contributed by atoms with E-state index in [1.807, 2.05) is 12.1 Å². The maximum absolute atomic E-state index is 5.84. The normalized spacial score (nSPS) is 12.8. The fourth-order valence-corrected chi connectivity index (χ4v) is 2.25. The average Bonchev–Trinajstić information content (AvgIpc) is 2.59. The van der Waals surface area contributed by atoms with Gasteiger partial charge in [-0.1, -0.05) is 39.8 Å². The number of nitrogens with zero attached hydrogens (tertiary/aromatic N) is 1. The molecular formula is C19H29NO4. The predicted molar refractivity (Wildman–Crippen MR) is 95.2 cm³/mol. The van der Waals surface area contributed by atoms with E-state index in [1.54, 1.807) is 6.20 Å². The maximum Gasteiger partial charge on any atom is 0.257 e. The molecule has 24 heavy (non-hydrogen) atoms. The molecule has 0 amide bonds. The van der Waals surface area contributed by atoms with Crippen molar-refractivity contribution in [2.24, 2.45) is 0 Å². The minimum Gasteiger partial charge on any atom is -0.495 e. The van der Waals surface area contributed by atoms with Crippen LogP contribution >= 0.6 is 0 Å². The Labute approximate surface area is 145 Å². The monoisotopic (exact) mass is 335 g/mol. The Kier molecular flexibility index (Phi) is 10.2. The summed E-state index contributed by atoms with van der Waals surface area (Å²) in [5.74, 6) is 1.06. The van der Waals surface area contributed by atoms with Crippen LogP contribution in [0.25, 0.3) is 0 Å². The van der Waals surface area contributed by atoms with Gasteiger partial charge in [-0.3, -0.25) is 0 Å². The summed E-state index contributed by atoms with van der Waals surface area (Å²) >= 11 is 0. The third-order valence-corrected chi connectivity index (χ3v) is 3.37. The quantitative estimate of drug-likeness (QED) is 0.469. The van der Waals surface area contributed by atoms with Crippen LogP contribution in [0.2, 0.25) is 0 Å². The summed E-state index contributed by atoms with van der Waals surface area (Å²) in [5.41, 5.74) is 0. The number of ether oxygens (including phenoxy) is 4. The third kappa shape index (κ3) is 7.40. The maximum atomic E-state index is 5.84. The Morgan fingerprint density at radius 1 is 1.00 bits per heavy atom. The summed E-state index contributed by atoms with van der Waals surface area (Å²) in [6.07, 6.45) is 8.30. The number of aromatic nitrogens is 1. The lowest BCUT2D eigenvalue weighted by Gasteiger charge is -2.19. The molecule has 0 saturated carbocycles. The Bertz CT molecular complexity index is 435. The van der Waals surface area contributed by atoms with E-state index in [0.29, 0.717) is 24.8 Å². The highest BCUT2D eigenvalue weighted by atomic mass is 16.6. The number of hydrogen-bond acceptors (Lipinski definition) is 5. The molecular weight excluding hydrogens is 306 g/mol. The first kappa shape index (κ1) is 19.9. The molecule has 0 aliphatic rings.